The number of hydrogen-bond acceptors (Lipinski definition) is 3. The maximum Gasteiger partial charge on any atom is 0.220 e. The maximum absolute atomic E-state index is 12.0. The highest BCUT2D eigenvalue weighted by atomic mass is 35.5. The van der Waals surface area contributed by atoms with Gasteiger partial charge in [0.25, 0.3) is 0 Å². The van der Waals surface area contributed by atoms with Gasteiger partial charge in [-0.15, -0.1) is 12.4 Å². The summed E-state index contributed by atoms with van der Waals surface area (Å²) in [6.45, 7) is 3.07. The van der Waals surface area contributed by atoms with Crippen molar-refractivity contribution in [1.29, 1.82) is 0 Å². The predicted molar refractivity (Wildman–Crippen MR) is 76.1 cm³/mol. The molecule has 1 unspecified atom stereocenters. The van der Waals surface area contributed by atoms with Gasteiger partial charge in [0.05, 0.1) is 4.75 Å². The number of rotatable bonds is 3. The van der Waals surface area contributed by atoms with E-state index in [2.05, 4.69) is 32.0 Å². The van der Waals surface area contributed by atoms with Crippen LogP contribution in [0.25, 0.3) is 0 Å². The van der Waals surface area contributed by atoms with Gasteiger partial charge in [-0.2, -0.15) is 0 Å². The third-order valence-electron chi connectivity index (χ3n) is 3.07. The first-order chi connectivity index (χ1) is 7.59. The summed E-state index contributed by atoms with van der Waals surface area (Å²) in [6, 6.07) is 8.01. The van der Waals surface area contributed by atoms with E-state index >= 15 is 0 Å². The van der Waals surface area contributed by atoms with Crippen LogP contribution < -0.4 is 0 Å². The molecule has 0 saturated carbocycles. The first-order valence-electron chi connectivity index (χ1n) is 5.56. The van der Waals surface area contributed by atoms with Gasteiger partial charge in [0.2, 0.25) is 5.12 Å². The Hall–Kier alpha value is -0.510. The van der Waals surface area contributed by atoms with E-state index in [0.717, 1.165) is 18.5 Å². The lowest BCUT2D eigenvalue weighted by Crippen LogP contribution is -2.32. The SMILES string of the molecule is CCC1(CN(C)C)SC(=O)c2ccccc21.Cl. The van der Waals surface area contributed by atoms with Crippen LogP contribution in [0.3, 0.4) is 0 Å². The minimum atomic E-state index is -0.0445. The Kier molecular flexibility index (Phi) is 4.64. The number of thioether (sulfide) groups is 1. The van der Waals surface area contributed by atoms with E-state index in [1.807, 2.05) is 18.2 Å². The lowest BCUT2D eigenvalue weighted by atomic mass is 9.91. The van der Waals surface area contributed by atoms with Crippen molar-refractivity contribution in [2.75, 3.05) is 20.6 Å². The van der Waals surface area contributed by atoms with E-state index in [9.17, 15) is 4.79 Å². The van der Waals surface area contributed by atoms with E-state index in [4.69, 9.17) is 0 Å². The molecule has 0 amide bonds. The van der Waals surface area contributed by atoms with Crippen LogP contribution in [-0.2, 0) is 4.75 Å². The van der Waals surface area contributed by atoms with Gasteiger partial charge < -0.3 is 4.90 Å². The number of likely N-dealkylation sites (N-methyl/N-ethyl adjacent to an activating group) is 1. The molecule has 0 fully saturated rings. The smallest absolute Gasteiger partial charge is 0.220 e. The fraction of sp³-hybridized carbons (Fsp3) is 0.462. The molecule has 0 bridgehead atoms. The van der Waals surface area contributed by atoms with E-state index in [-0.39, 0.29) is 22.3 Å². The van der Waals surface area contributed by atoms with Gasteiger partial charge in [-0.25, -0.2) is 0 Å². The van der Waals surface area contributed by atoms with E-state index < -0.39 is 0 Å². The summed E-state index contributed by atoms with van der Waals surface area (Å²) in [4.78, 5) is 14.1. The second kappa shape index (κ2) is 5.42. The summed E-state index contributed by atoms with van der Waals surface area (Å²) in [5.74, 6) is 0. The van der Waals surface area contributed by atoms with Crippen molar-refractivity contribution in [1.82, 2.24) is 4.90 Å². The normalized spacial score (nSPS) is 22.5. The molecule has 1 aliphatic rings. The highest BCUT2D eigenvalue weighted by molar-refractivity contribution is 8.15. The van der Waals surface area contributed by atoms with Crippen molar-refractivity contribution in [2.24, 2.45) is 0 Å². The van der Waals surface area contributed by atoms with E-state index in [1.54, 1.807) is 0 Å². The molecule has 4 heteroatoms. The topological polar surface area (TPSA) is 20.3 Å². The van der Waals surface area contributed by atoms with E-state index in [0.29, 0.717) is 0 Å². The summed E-state index contributed by atoms with van der Waals surface area (Å²) >= 11 is 1.49. The van der Waals surface area contributed by atoms with Crippen molar-refractivity contribution in [2.45, 2.75) is 18.1 Å². The molecule has 1 aromatic rings. The molecule has 2 nitrogen and oxygen atoms in total. The van der Waals surface area contributed by atoms with Gasteiger partial charge in [-0.3, -0.25) is 4.79 Å². The van der Waals surface area contributed by atoms with Gasteiger partial charge in [-0.1, -0.05) is 43.0 Å². The summed E-state index contributed by atoms with van der Waals surface area (Å²) in [6.07, 6.45) is 0.985. The van der Waals surface area contributed by atoms with Crippen LogP contribution in [0.2, 0.25) is 0 Å². The molecule has 2 rings (SSSR count). The average molecular weight is 272 g/mol. The second-order valence-electron chi connectivity index (χ2n) is 4.52. The molecule has 0 radical (unpaired) electrons. The molecule has 0 N–H and O–H groups in total. The Morgan fingerprint density at radius 1 is 1.29 bits per heavy atom. The molecule has 0 saturated heterocycles. The average Bonchev–Trinajstić information content (AvgIpc) is 2.53. The first-order valence-corrected chi connectivity index (χ1v) is 6.38. The molecule has 0 spiro atoms. The number of nitrogens with zero attached hydrogens (tertiary/aromatic N) is 1. The Bertz CT molecular complexity index is 422. The zero-order valence-electron chi connectivity index (χ0n) is 10.4. The zero-order chi connectivity index (χ0) is 11.8. The second-order valence-corrected chi connectivity index (χ2v) is 5.88. The number of halogens is 1. The van der Waals surface area contributed by atoms with Crippen molar-refractivity contribution in [3.05, 3.63) is 35.4 Å². The van der Waals surface area contributed by atoms with Crippen molar-refractivity contribution in [3.8, 4) is 0 Å². The van der Waals surface area contributed by atoms with Gasteiger partial charge in [-0.05, 0) is 26.1 Å². The third kappa shape index (κ3) is 2.51. The first kappa shape index (κ1) is 14.6. The van der Waals surface area contributed by atoms with Crippen molar-refractivity contribution >= 4 is 29.3 Å². The van der Waals surface area contributed by atoms with Crippen molar-refractivity contribution < 1.29 is 4.79 Å². The quantitative estimate of drug-likeness (QED) is 0.842. The molecule has 1 aliphatic heterocycles. The standard InChI is InChI=1S/C13H17NOS.ClH/c1-4-13(9-14(2)3)11-8-6-5-7-10(11)12(15)16-13;/h5-8H,4,9H2,1-3H3;1H. The highest BCUT2D eigenvalue weighted by Crippen LogP contribution is 2.49. The molecular formula is C13H18ClNOS. The summed E-state index contributed by atoms with van der Waals surface area (Å²) in [7, 11) is 4.12. The Labute approximate surface area is 113 Å². The zero-order valence-corrected chi connectivity index (χ0v) is 12.0. The molecular weight excluding hydrogens is 254 g/mol. The van der Waals surface area contributed by atoms with Crippen LogP contribution in [0.4, 0.5) is 0 Å². The molecule has 94 valence electrons. The van der Waals surface area contributed by atoms with Crippen LogP contribution in [-0.4, -0.2) is 30.7 Å². The highest BCUT2D eigenvalue weighted by Gasteiger charge is 2.42. The lowest BCUT2D eigenvalue weighted by molar-refractivity contribution is 0.109. The summed E-state index contributed by atoms with van der Waals surface area (Å²) in [5, 5.41) is 0.222. The maximum atomic E-state index is 12.0. The number of hydrogen-bond donors (Lipinski definition) is 0. The molecule has 0 aliphatic carbocycles. The molecule has 1 heterocycles. The van der Waals surface area contributed by atoms with Gasteiger partial charge >= 0.3 is 0 Å². The number of carbonyl (C=O) groups is 1. The number of fused-ring (bicyclic) bond motifs is 1. The molecule has 1 aromatic carbocycles. The van der Waals surface area contributed by atoms with Gasteiger partial charge in [0.15, 0.2) is 0 Å². The summed E-state index contributed by atoms with van der Waals surface area (Å²) in [5.41, 5.74) is 2.11. The van der Waals surface area contributed by atoms with E-state index in [1.165, 1.54) is 17.3 Å². The molecule has 17 heavy (non-hydrogen) atoms. The lowest BCUT2D eigenvalue weighted by Gasteiger charge is -2.30. The monoisotopic (exact) mass is 271 g/mol. The Morgan fingerprint density at radius 3 is 2.53 bits per heavy atom. The van der Waals surface area contributed by atoms with Crippen LogP contribution in [0.15, 0.2) is 24.3 Å². The van der Waals surface area contributed by atoms with Crippen LogP contribution in [0.1, 0.15) is 29.3 Å². The van der Waals surface area contributed by atoms with Gasteiger partial charge in [0, 0.05) is 12.1 Å². The Balaban J connectivity index is 0.00000144. The fourth-order valence-corrected chi connectivity index (χ4v) is 3.75. The minimum Gasteiger partial charge on any atom is -0.308 e. The molecule has 1 atom stereocenters. The van der Waals surface area contributed by atoms with Crippen LogP contribution >= 0.6 is 24.2 Å². The van der Waals surface area contributed by atoms with Crippen LogP contribution in [0.5, 0.6) is 0 Å². The Morgan fingerprint density at radius 2 is 1.94 bits per heavy atom. The minimum absolute atomic E-state index is 0. The molecule has 0 aromatic heterocycles. The van der Waals surface area contributed by atoms with Crippen molar-refractivity contribution in [3.63, 3.8) is 0 Å². The third-order valence-corrected chi connectivity index (χ3v) is 4.50. The van der Waals surface area contributed by atoms with Gasteiger partial charge in [0.1, 0.15) is 0 Å². The number of benzene rings is 1. The predicted octanol–water partition coefficient (Wildman–Crippen LogP) is 3.16. The summed E-state index contributed by atoms with van der Waals surface area (Å²) < 4.78 is -0.0445. The largest absolute Gasteiger partial charge is 0.308 e. The fourth-order valence-electron chi connectivity index (χ4n) is 2.35. The van der Waals surface area contributed by atoms with Crippen LogP contribution in [0, 0.1) is 0 Å². The number of carbonyl (C=O) groups excluding carboxylic acids is 1.